The summed E-state index contributed by atoms with van der Waals surface area (Å²) in [6, 6.07) is 0. The van der Waals surface area contributed by atoms with E-state index in [1.54, 1.807) is 0 Å². The van der Waals surface area contributed by atoms with Gasteiger partial charge in [-0.15, -0.1) is 0 Å². The second-order valence-electron chi connectivity index (χ2n) is 9.30. The maximum absolute atomic E-state index is 13.4. The SMILES string of the molecule is COC(=O)C=C1CCC2C(C1C)C(O)C(=O)C1C(C)(C(=O)OC)CCCC21C. The van der Waals surface area contributed by atoms with Crippen molar-refractivity contribution in [1.29, 1.82) is 0 Å². The molecule has 0 bridgehead atoms. The number of carbonyl (C=O) groups excluding carboxylic acids is 3. The quantitative estimate of drug-likeness (QED) is 0.574. The fourth-order valence-electron chi connectivity index (χ4n) is 6.72. The van der Waals surface area contributed by atoms with Crippen LogP contribution in [-0.2, 0) is 23.9 Å². The molecule has 3 aliphatic carbocycles. The lowest BCUT2D eigenvalue weighted by atomic mass is 9.42. The Morgan fingerprint density at radius 3 is 2.46 bits per heavy atom. The normalized spacial score (nSPS) is 44.4. The predicted molar refractivity (Wildman–Crippen MR) is 102 cm³/mol. The predicted octanol–water partition coefficient (Wildman–Crippen LogP) is 2.68. The highest BCUT2D eigenvalue weighted by atomic mass is 16.5. The van der Waals surface area contributed by atoms with Crippen molar-refractivity contribution in [3.8, 4) is 0 Å². The van der Waals surface area contributed by atoms with E-state index in [0.29, 0.717) is 6.42 Å². The van der Waals surface area contributed by atoms with Gasteiger partial charge in [0.15, 0.2) is 5.78 Å². The van der Waals surface area contributed by atoms with Crippen molar-refractivity contribution < 1.29 is 29.0 Å². The molecular formula is C22H32O6. The highest BCUT2D eigenvalue weighted by molar-refractivity contribution is 5.93. The molecule has 6 nitrogen and oxygen atoms in total. The number of methoxy groups -OCH3 is 2. The van der Waals surface area contributed by atoms with Gasteiger partial charge in [0.05, 0.1) is 19.6 Å². The van der Waals surface area contributed by atoms with E-state index in [9.17, 15) is 19.5 Å². The molecule has 0 amide bonds. The zero-order valence-corrected chi connectivity index (χ0v) is 17.5. The van der Waals surface area contributed by atoms with Crippen LogP contribution >= 0.6 is 0 Å². The Bertz CT molecular complexity index is 712. The second-order valence-corrected chi connectivity index (χ2v) is 9.30. The number of ketones is 1. The van der Waals surface area contributed by atoms with Crippen molar-refractivity contribution >= 4 is 17.7 Å². The average molecular weight is 392 g/mol. The van der Waals surface area contributed by atoms with E-state index in [2.05, 4.69) is 6.92 Å². The van der Waals surface area contributed by atoms with Crippen molar-refractivity contribution in [3.05, 3.63) is 11.6 Å². The first-order chi connectivity index (χ1) is 13.1. The molecule has 156 valence electrons. The van der Waals surface area contributed by atoms with E-state index in [4.69, 9.17) is 9.47 Å². The fourth-order valence-corrected chi connectivity index (χ4v) is 6.72. The molecule has 0 spiro atoms. The van der Waals surface area contributed by atoms with Gasteiger partial charge in [-0.05, 0) is 49.9 Å². The van der Waals surface area contributed by atoms with Crippen molar-refractivity contribution in [3.63, 3.8) is 0 Å². The third kappa shape index (κ3) is 2.92. The maximum atomic E-state index is 13.4. The number of fused-ring (bicyclic) bond motifs is 3. The molecule has 7 atom stereocenters. The second kappa shape index (κ2) is 7.29. The molecule has 0 saturated heterocycles. The van der Waals surface area contributed by atoms with Crippen LogP contribution in [-0.4, -0.2) is 43.2 Å². The Morgan fingerprint density at radius 2 is 1.86 bits per heavy atom. The molecular weight excluding hydrogens is 360 g/mol. The lowest BCUT2D eigenvalue weighted by molar-refractivity contribution is -0.193. The average Bonchev–Trinajstić information content (AvgIpc) is 2.66. The number of allylic oxidation sites excluding steroid dienone is 1. The van der Waals surface area contributed by atoms with Gasteiger partial charge in [-0.2, -0.15) is 0 Å². The van der Waals surface area contributed by atoms with Crippen LogP contribution in [0.4, 0.5) is 0 Å². The van der Waals surface area contributed by atoms with Crippen LogP contribution in [0.3, 0.4) is 0 Å². The smallest absolute Gasteiger partial charge is 0.330 e. The van der Waals surface area contributed by atoms with Crippen LogP contribution in [0.2, 0.25) is 0 Å². The summed E-state index contributed by atoms with van der Waals surface area (Å²) in [4.78, 5) is 37.8. The van der Waals surface area contributed by atoms with Crippen LogP contribution in [0.5, 0.6) is 0 Å². The van der Waals surface area contributed by atoms with Gasteiger partial charge < -0.3 is 14.6 Å². The summed E-state index contributed by atoms with van der Waals surface area (Å²) in [6.45, 7) is 5.91. The number of esters is 2. The molecule has 7 unspecified atom stereocenters. The van der Waals surface area contributed by atoms with Gasteiger partial charge >= 0.3 is 11.9 Å². The molecule has 1 N–H and O–H groups in total. The highest BCUT2D eigenvalue weighted by Crippen LogP contribution is 2.64. The lowest BCUT2D eigenvalue weighted by Crippen LogP contribution is -2.65. The molecule has 0 radical (unpaired) electrons. The first-order valence-electron chi connectivity index (χ1n) is 10.2. The Balaban J connectivity index is 2.03. The monoisotopic (exact) mass is 392 g/mol. The maximum Gasteiger partial charge on any atom is 0.330 e. The zero-order chi connectivity index (χ0) is 20.9. The van der Waals surface area contributed by atoms with E-state index in [-0.39, 0.29) is 34.9 Å². The molecule has 3 rings (SSSR count). The third-order valence-electron chi connectivity index (χ3n) is 8.02. The molecule has 6 heteroatoms. The molecule has 0 heterocycles. The topological polar surface area (TPSA) is 89.9 Å². The van der Waals surface area contributed by atoms with Crippen LogP contribution in [0.25, 0.3) is 0 Å². The minimum absolute atomic E-state index is 0.0964. The van der Waals surface area contributed by atoms with Crippen molar-refractivity contribution in [2.24, 2.45) is 34.5 Å². The number of hydrogen-bond acceptors (Lipinski definition) is 6. The van der Waals surface area contributed by atoms with E-state index in [1.165, 1.54) is 20.3 Å². The molecule has 3 saturated carbocycles. The van der Waals surface area contributed by atoms with Crippen LogP contribution in [0.15, 0.2) is 11.6 Å². The van der Waals surface area contributed by atoms with Gasteiger partial charge in [-0.25, -0.2) is 4.79 Å². The lowest BCUT2D eigenvalue weighted by Gasteiger charge is -2.61. The molecule has 0 aromatic rings. The highest BCUT2D eigenvalue weighted by Gasteiger charge is 2.66. The Kier molecular flexibility index (Phi) is 5.47. The molecule has 0 aromatic carbocycles. The largest absolute Gasteiger partial charge is 0.469 e. The van der Waals surface area contributed by atoms with Gasteiger partial charge in [-0.1, -0.05) is 25.8 Å². The zero-order valence-electron chi connectivity index (χ0n) is 17.5. The van der Waals surface area contributed by atoms with Crippen LogP contribution in [0, 0.1) is 34.5 Å². The minimum atomic E-state index is -1.14. The number of ether oxygens (including phenoxy) is 2. The Hall–Kier alpha value is -1.69. The number of rotatable bonds is 2. The van der Waals surface area contributed by atoms with Crippen LogP contribution < -0.4 is 0 Å². The molecule has 3 aliphatic rings. The number of hydrogen-bond donors (Lipinski definition) is 1. The standard InChI is InChI=1S/C22H32O6/c1-12-13(11-15(23)27-4)7-8-14-16(12)17(24)18(25)19-21(14,2)9-6-10-22(19,3)20(26)28-5/h11-12,14,16-17,19,24H,6-10H2,1-5H3. The summed E-state index contributed by atoms with van der Waals surface area (Å²) in [7, 11) is 2.70. The number of Topliss-reactive ketones (excluding diaryl/α,β-unsaturated/α-hetero) is 1. The summed E-state index contributed by atoms with van der Waals surface area (Å²) in [5.41, 5.74) is -0.350. The van der Waals surface area contributed by atoms with E-state index < -0.39 is 23.4 Å². The van der Waals surface area contributed by atoms with Crippen molar-refractivity contribution in [2.75, 3.05) is 14.2 Å². The number of aliphatic hydroxyl groups excluding tert-OH is 1. The summed E-state index contributed by atoms with van der Waals surface area (Å²) in [5, 5.41) is 11.0. The van der Waals surface area contributed by atoms with Crippen molar-refractivity contribution in [1.82, 2.24) is 0 Å². The summed E-state index contributed by atoms with van der Waals surface area (Å²) in [5.74, 6) is -1.80. The summed E-state index contributed by atoms with van der Waals surface area (Å²) < 4.78 is 9.83. The Morgan fingerprint density at radius 1 is 1.18 bits per heavy atom. The van der Waals surface area contributed by atoms with Crippen LogP contribution in [0.1, 0.15) is 52.9 Å². The molecule has 3 fully saturated rings. The molecule has 0 aromatic heterocycles. The fraction of sp³-hybridized carbons (Fsp3) is 0.773. The van der Waals surface area contributed by atoms with E-state index >= 15 is 0 Å². The van der Waals surface area contributed by atoms with Gasteiger partial charge in [0.25, 0.3) is 0 Å². The first-order valence-corrected chi connectivity index (χ1v) is 10.2. The van der Waals surface area contributed by atoms with E-state index in [1.807, 2.05) is 13.8 Å². The van der Waals surface area contributed by atoms with E-state index in [0.717, 1.165) is 31.3 Å². The van der Waals surface area contributed by atoms with Gasteiger partial charge in [0.1, 0.15) is 6.10 Å². The summed E-state index contributed by atoms with van der Waals surface area (Å²) >= 11 is 0. The Labute approximate surface area is 166 Å². The molecule has 0 aliphatic heterocycles. The van der Waals surface area contributed by atoms with Gasteiger partial charge in [0, 0.05) is 17.9 Å². The van der Waals surface area contributed by atoms with Crippen molar-refractivity contribution in [2.45, 2.75) is 59.0 Å². The molecule has 28 heavy (non-hydrogen) atoms. The minimum Gasteiger partial charge on any atom is -0.469 e. The van der Waals surface area contributed by atoms with Gasteiger partial charge in [0.2, 0.25) is 0 Å². The first kappa shape index (κ1) is 21.0. The summed E-state index contributed by atoms with van der Waals surface area (Å²) in [6.07, 6.45) is 4.19. The third-order valence-corrected chi connectivity index (χ3v) is 8.02. The number of carbonyl (C=O) groups is 3. The van der Waals surface area contributed by atoms with Gasteiger partial charge in [-0.3, -0.25) is 9.59 Å². The number of aliphatic hydroxyl groups is 1.